The van der Waals surface area contributed by atoms with Crippen molar-refractivity contribution in [1.29, 1.82) is 0 Å². The van der Waals surface area contributed by atoms with Gasteiger partial charge < -0.3 is 15.4 Å². The Hall–Kier alpha value is -0.610. The molecule has 1 aliphatic heterocycles. The van der Waals surface area contributed by atoms with Gasteiger partial charge in [-0.15, -0.1) is 0 Å². The van der Waals surface area contributed by atoms with Crippen molar-refractivity contribution >= 4 is 5.91 Å². The van der Waals surface area contributed by atoms with Crippen LogP contribution in [0.1, 0.15) is 39.0 Å². The summed E-state index contributed by atoms with van der Waals surface area (Å²) in [5.74, 6) is 1.50. The minimum Gasteiger partial charge on any atom is -0.381 e. The molecule has 2 rings (SSSR count). The number of carbonyl (C=O) groups excluding carboxylic acids is 1. The Morgan fingerprint density at radius 2 is 2.00 bits per heavy atom. The largest absolute Gasteiger partial charge is 0.381 e. The summed E-state index contributed by atoms with van der Waals surface area (Å²) in [5, 5.41) is 0. The summed E-state index contributed by atoms with van der Waals surface area (Å²) in [4.78, 5) is 14.1. The Labute approximate surface area is 110 Å². The van der Waals surface area contributed by atoms with Crippen LogP contribution in [0.25, 0.3) is 0 Å². The standard InChI is InChI=1S/C14H26N2O2/c1-2-18-10-11-5-7-16(8-6-11)14(17)9-13(15)12-3-4-12/h11-13H,2-10,15H2,1H3/t13-/m1/s1. The van der Waals surface area contributed by atoms with Gasteiger partial charge in [0.25, 0.3) is 0 Å². The summed E-state index contributed by atoms with van der Waals surface area (Å²) in [5.41, 5.74) is 6.01. The lowest BCUT2D eigenvalue weighted by molar-refractivity contribution is -0.133. The number of carbonyl (C=O) groups is 1. The van der Waals surface area contributed by atoms with Crippen molar-refractivity contribution in [2.75, 3.05) is 26.3 Å². The van der Waals surface area contributed by atoms with Gasteiger partial charge >= 0.3 is 0 Å². The van der Waals surface area contributed by atoms with Gasteiger partial charge in [-0.25, -0.2) is 0 Å². The normalized spacial score (nSPS) is 23.1. The Morgan fingerprint density at radius 3 is 2.56 bits per heavy atom. The minimum absolute atomic E-state index is 0.0960. The number of hydrogen-bond donors (Lipinski definition) is 1. The van der Waals surface area contributed by atoms with E-state index in [4.69, 9.17) is 10.5 Å². The van der Waals surface area contributed by atoms with Gasteiger partial charge in [0.2, 0.25) is 5.91 Å². The fourth-order valence-corrected chi connectivity index (χ4v) is 2.66. The van der Waals surface area contributed by atoms with E-state index in [0.29, 0.717) is 18.3 Å². The SMILES string of the molecule is CCOCC1CCN(C(=O)C[C@@H](N)C2CC2)CC1. The quantitative estimate of drug-likeness (QED) is 0.779. The molecule has 0 unspecified atom stereocenters. The van der Waals surface area contributed by atoms with Gasteiger partial charge in [-0.1, -0.05) is 0 Å². The highest BCUT2D eigenvalue weighted by Crippen LogP contribution is 2.33. The summed E-state index contributed by atoms with van der Waals surface area (Å²) >= 11 is 0. The zero-order valence-electron chi connectivity index (χ0n) is 11.4. The number of ether oxygens (including phenoxy) is 1. The molecule has 0 aromatic carbocycles. The molecule has 1 aliphatic carbocycles. The summed E-state index contributed by atoms with van der Waals surface area (Å²) in [6.07, 6.45) is 5.12. The van der Waals surface area contributed by atoms with Crippen molar-refractivity contribution in [3.05, 3.63) is 0 Å². The molecular formula is C14H26N2O2. The molecule has 2 aliphatic rings. The van der Waals surface area contributed by atoms with E-state index in [1.54, 1.807) is 0 Å². The molecule has 2 fully saturated rings. The molecule has 0 radical (unpaired) electrons. The van der Waals surface area contributed by atoms with Crippen LogP contribution in [0.3, 0.4) is 0 Å². The average Bonchev–Trinajstić information content (AvgIpc) is 3.21. The van der Waals surface area contributed by atoms with Gasteiger partial charge in [-0.3, -0.25) is 4.79 Å². The minimum atomic E-state index is 0.0960. The Balaban J connectivity index is 1.66. The lowest BCUT2D eigenvalue weighted by Gasteiger charge is -2.32. The van der Waals surface area contributed by atoms with E-state index < -0.39 is 0 Å². The third-order valence-corrected chi connectivity index (χ3v) is 4.16. The first kappa shape index (κ1) is 13.8. The average molecular weight is 254 g/mol. The number of nitrogens with zero attached hydrogens (tertiary/aromatic N) is 1. The molecule has 0 spiro atoms. The maximum atomic E-state index is 12.1. The van der Waals surface area contributed by atoms with E-state index in [2.05, 4.69) is 0 Å². The first-order chi connectivity index (χ1) is 8.70. The number of amides is 1. The van der Waals surface area contributed by atoms with Gasteiger partial charge in [0.15, 0.2) is 0 Å². The number of rotatable bonds is 6. The van der Waals surface area contributed by atoms with E-state index in [9.17, 15) is 4.79 Å². The van der Waals surface area contributed by atoms with Crippen LogP contribution in [0, 0.1) is 11.8 Å². The molecule has 0 bridgehead atoms. The molecule has 0 aromatic rings. The van der Waals surface area contributed by atoms with Crippen molar-refractivity contribution < 1.29 is 9.53 Å². The predicted molar refractivity (Wildman–Crippen MR) is 71.1 cm³/mol. The van der Waals surface area contributed by atoms with E-state index in [1.807, 2.05) is 11.8 Å². The van der Waals surface area contributed by atoms with Crippen molar-refractivity contribution in [2.45, 2.75) is 45.1 Å². The van der Waals surface area contributed by atoms with Crippen molar-refractivity contribution in [2.24, 2.45) is 17.6 Å². The van der Waals surface area contributed by atoms with Crippen LogP contribution in [0.2, 0.25) is 0 Å². The third-order valence-electron chi connectivity index (χ3n) is 4.16. The number of nitrogens with two attached hydrogens (primary N) is 1. The van der Waals surface area contributed by atoms with Crippen LogP contribution in [-0.2, 0) is 9.53 Å². The van der Waals surface area contributed by atoms with Crippen LogP contribution in [0.15, 0.2) is 0 Å². The Kier molecular flexibility index (Phi) is 5.01. The van der Waals surface area contributed by atoms with E-state index >= 15 is 0 Å². The maximum Gasteiger partial charge on any atom is 0.224 e. The summed E-state index contributed by atoms with van der Waals surface area (Å²) in [6, 6.07) is 0.0960. The Morgan fingerprint density at radius 1 is 1.33 bits per heavy atom. The monoisotopic (exact) mass is 254 g/mol. The summed E-state index contributed by atoms with van der Waals surface area (Å²) < 4.78 is 5.45. The molecular weight excluding hydrogens is 228 g/mol. The second-order valence-corrected chi connectivity index (χ2v) is 5.69. The molecule has 0 aromatic heterocycles. The Bertz CT molecular complexity index is 271. The van der Waals surface area contributed by atoms with Crippen LogP contribution in [0.5, 0.6) is 0 Å². The zero-order valence-corrected chi connectivity index (χ0v) is 11.4. The highest BCUT2D eigenvalue weighted by molar-refractivity contribution is 5.77. The second-order valence-electron chi connectivity index (χ2n) is 5.69. The fraction of sp³-hybridized carbons (Fsp3) is 0.929. The maximum absolute atomic E-state index is 12.1. The van der Waals surface area contributed by atoms with Gasteiger partial charge in [-0.2, -0.15) is 0 Å². The number of likely N-dealkylation sites (tertiary alicyclic amines) is 1. The molecule has 4 nitrogen and oxygen atoms in total. The molecule has 1 atom stereocenters. The molecule has 1 saturated carbocycles. The van der Waals surface area contributed by atoms with E-state index in [0.717, 1.165) is 39.1 Å². The number of hydrogen-bond acceptors (Lipinski definition) is 3. The molecule has 4 heteroatoms. The van der Waals surface area contributed by atoms with Gasteiger partial charge in [0, 0.05) is 38.8 Å². The molecule has 18 heavy (non-hydrogen) atoms. The van der Waals surface area contributed by atoms with E-state index in [1.165, 1.54) is 12.8 Å². The molecule has 104 valence electrons. The molecule has 1 saturated heterocycles. The van der Waals surface area contributed by atoms with Crippen LogP contribution in [-0.4, -0.2) is 43.2 Å². The topological polar surface area (TPSA) is 55.6 Å². The highest BCUT2D eigenvalue weighted by atomic mass is 16.5. The van der Waals surface area contributed by atoms with Gasteiger partial charge in [0.1, 0.15) is 0 Å². The van der Waals surface area contributed by atoms with Crippen molar-refractivity contribution in [3.8, 4) is 0 Å². The lowest BCUT2D eigenvalue weighted by atomic mass is 9.97. The predicted octanol–water partition coefficient (Wildman–Crippen LogP) is 1.39. The third kappa shape index (κ3) is 3.95. The van der Waals surface area contributed by atoms with Crippen LogP contribution < -0.4 is 5.73 Å². The first-order valence-electron chi connectivity index (χ1n) is 7.31. The van der Waals surface area contributed by atoms with Crippen molar-refractivity contribution in [1.82, 2.24) is 4.90 Å². The van der Waals surface area contributed by atoms with Crippen LogP contribution >= 0.6 is 0 Å². The molecule has 2 N–H and O–H groups in total. The molecule has 1 amide bonds. The molecule has 1 heterocycles. The number of piperidine rings is 1. The second kappa shape index (κ2) is 6.53. The highest BCUT2D eigenvalue weighted by Gasteiger charge is 2.31. The smallest absolute Gasteiger partial charge is 0.224 e. The summed E-state index contributed by atoms with van der Waals surface area (Å²) in [6.45, 7) is 5.43. The zero-order chi connectivity index (χ0) is 13.0. The van der Waals surface area contributed by atoms with Gasteiger partial charge in [0.05, 0.1) is 0 Å². The van der Waals surface area contributed by atoms with Crippen molar-refractivity contribution in [3.63, 3.8) is 0 Å². The first-order valence-corrected chi connectivity index (χ1v) is 7.31. The van der Waals surface area contributed by atoms with E-state index in [-0.39, 0.29) is 11.9 Å². The fourth-order valence-electron chi connectivity index (χ4n) is 2.66. The van der Waals surface area contributed by atoms with Gasteiger partial charge in [-0.05, 0) is 44.4 Å². The summed E-state index contributed by atoms with van der Waals surface area (Å²) in [7, 11) is 0. The van der Waals surface area contributed by atoms with Crippen LogP contribution in [0.4, 0.5) is 0 Å². The lowest BCUT2D eigenvalue weighted by Crippen LogP contribution is -2.42.